The molecule has 1 aromatic rings. The molecule has 0 bridgehead atoms. The van der Waals surface area contributed by atoms with Gasteiger partial charge in [0.05, 0.1) is 0 Å². The summed E-state index contributed by atoms with van der Waals surface area (Å²) in [4.78, 5) is 8.96. The van der Waals surface area contributed by atoms with Gasteiger partial charge in [0.15, 0.2) is 5.82 Å². The van der Waals surface area contributed by atoms with E-state index in [9.17, 15) is 0 Å². The van der Waals surface area contributed by atoms with Crippen LogP contribution in [0.5, 0.6) is 0 Å². The number of anilines is 1. The Morgan fingerprint density at radius 2 is 2.22 bits per heavy atom. The van der Waals surface area contributed by atoms with Gasteiger partial charge >= 0.3 is 0 Å². The summed E-state index contributed by atoms with van der Waals surface area (Å²) in [5.74, 6) is 1.62. The molecule has 0 unspecified atom stereocenters. The average molecular weight is 251 g/mol. The number of nitrogens with one attached hydrogen (secondary N) is 1. The molecule has 0 atom stereocenters. The Morgan fingerprint density at radius 1 is 1.44 bits per heavy atom. The zero-order valence-electron chi connectivity index (χ0n) is 11.1. The second-order valence-electron chi connectivity index (χ2n) is 4.50. The van der Waals surface area contributed by atoms with Crippen LogP contribution in [0.25, 0.3) is 0 Å². The van der Waals surface area contributed by atoms with E-state index in [4.69, 9.17) is 9.47 Å². The summed E-state index contributed by atoms with van der Waals surface area (Å²) in [5, 5.41) is 3.28. The minimum atomic E-state index is -0.387. The van der Waals surface area contributed by atoms with Crippen LogP contribution >= 0.6 is 0 Å². The van der Waals surface area contributed by atoms with Crippen LogP contribution in [-0.2, 0) is 15.1 Å². The van der Waals surface area contributed by atoms with Crippen LogP contribution in [0.2, 0.25) is 0 Å². The number of methoxy groups -OCH3 is 1. The highest BCUT2D eigenvalue weighted by atomic mass is 16.5. The molecule has 18 heavy (non-hydrogen) atoms. The Hall–Kier alpha value is -1.20. The molecule has 5 nitrogen and oxygen atoms in total. The molecule has 2 rings (SSSR count). The lowest BCUT2D eigenvalue weighted by atomic mass is 9.93. The monoisotopic (exact) mass is 251 g/mol. The number of rotatable bonds is 5. The first-order chi connectivity index (χ1) is 8.80. The Bertz CT molecular complexity index is 378. The lowest BCUT2D eigenvalue weighted by Gasteiger charge is -2.34. The van der Waals surface area contributed by atoms with Crippen molar-refractivity contribution in [1.29, 1.82) is 0 Å². The van der Waals surface area contributed by atoms with Gasteiger partial charge in [-0.3, -0.25) is 0 Å². The second-order valence-corrected chi connectivity index (χ2v) is 4.50. The Balaban J connectivity index is 2.19. The van der Waals surface area contributed by atoms with Gasteiger partial charge in [-0.1, -0.05) is 6.92 Å². The summed E-state index contributed by atoms with van der Waals surface area (Å²) in [7, 11) is 1.72. The van der Waals surface area contributed by atoms with E-state index < -0.39 is 0 Å². The maximum absolute atomic E-state index is 5.69. The minimum absolute atomic E-state index is 0.387. The second kappa shape index (κ2) is 6.11. The molecule has 1 aliphatic heterocycles. The average Bonchev–Trinajstić information content (AvgIpc) is 2.46. The molecule has 0 spiro atoms. The van der Waals surface area contributed by atoms with Crippen molar-refractivity contribution in [3.8, 4) is 0 Å². The van der Waals surface area contributed by atoms with Crippen LogP contribution in [0.1, 0.15) is 32.0 Å². The van der Waals surface area contributed by atoms with Gasteiger partial charge in [0.1, 0.15) is 11.4 Å². The fourth-order valence-corrected chi connectivity index (χ4v) is 2.15. The summed E-state index contributed by atoms with van der Waals surface area (Å²) < 4.78 is 11.1. The summed E-state index contributed by atoms with van der Waals surface area (Å²) in [6.45, 7) is 4.44. The molecule has 1 aromatic heterocycles. The molecule has 0 radical (unpaired) electrons. The number of aromatic nitrogens is 2. The fraction of sp³-hybridized carbons (Fsp3) is 0.692. The predicted molar refractivity (Wildman–Crippen MR) is 69.6 cm³/mol. The quantitative estimate of drug-likeness (QED) is 0.866. The van der Waals surface area contributed by atoms with E-state index >= 15 is 0 Å². The third kappa shape index (κ3) is 2.79. The van der Waals surface area contributed by atoms with Gasteiger partial charge in [-0.15, -0.1) is 0 Å². The lowest BCUT2D eigenvalue weighted by Crippen LogP contribution is -2.37. The van der Waals surface area contributed by atoms with Crippen molar-refractivity contribution < 1.29 is 9.47 Å². The van der Waals surface area contributed by atoms with Crippen LogP contribution in [0.4, 0.5) is 5.82 Å². The van der Waals surface area contributed by atoms with Crippen molar-refractivity contribution in [3.63, 3.8) is 0 Å². The molecule has 1 fully saturated rings. The van der Waals surface area contributed by atoms with Gasteiger partial charge in [-0.25, -0.2) is 9.97 Å². The number of hydrogen-bond acceptors (Lipinski definition) is 5. The molecule has 0 aromatic carbocycles. The Kier molecular flexibility index (Phi) is 4.49. The maximum Gasteiger partial charge on any atom is 0.162 e. The molecular weight excluding hydrogens is 230 g/mol. The van der Waals surface area contributed by atoms with E-state index in [0.29, 0.717) is 13.2 Å². The standard InChI is InChI=1S/C13H21N3O2/c1-3-7-14-11-4-8-15-12(16-11)13(17-2)5-9-18-10-6-13/h4,8H,3,5-7,9-10H2,1-2H3,(H,14,15,16). The molecule has 0 aliphatic carbocycles. The van der Waals surface area contributed by atoms with Gasteiger partial charge in [-0.2, -0.15) is 0 Å². The lowest BCUT2D eigenvalue weighted by molar-refractivity contribution is -0.0999. The van der Waals surface area contributed by atoms with Crippen molar-refractivity contribution >= 4 is 5.82 Å². The van der Waals surface area contributed by atoms with Crippen molar-refractivity contribution in [3.05, 3.63) is 18.1 Å². The Labute approximate surface area is 108 Å². The summed E-state index contributed by atoms with van der Waals surface area (Å²) in [5.41, 5.74) is -0.387. The molecule has 0 saturated carbocycles. The summed E-state index contributed by atoms with van der Waals surface area (Å²) >= 11 is 0. The van der Waals surface area contributed by atoms with Crippen LogP contribution in [0.3, 0.4) is 0 Å². The fourth-order valence-electron chi connectivity index (χ4n) is 2.15. The number of hydrogen-bond donors (Lipinski definition) is 1. The zero-order valence-corrected chi connectivity index (χ0v) is 11.1. The normalized spacial score (nSPS) is 18.6. The molecule has 1 aliphatic rings. The molecule has 1 N–H and O–H groups in total. The van der Waals surface area contributed by atoms with E-state index in [1.54, 1.807) is 13.3 Å². The highest BCUT2D eigenvalue weighted by Gasteiger charge is 2.37. The maximum atomic E-state index is 5.69. The van der Waals surface area contributed by atoms with Crippen LogP contribution in [-0.4, -0.2) is 36.8 Å². The van der Waals surface area contributed by atoms with Crippen molar-refractivity contribution in [1.82, 2.24) is 9.97 Å². The van der Waals surface area contributed by atoms with Gasteiger partial charge < -0.3 is 14.8 Å². The third-order valence-corrected chi connectivity index (χ3v) is 3.31. The van der Waals surface area contributed by atoms with Crippen LogP contribution in [0, 0.1) is 0 Å². The highest BCUT2D eigenvalue weighted by Crippen LogP contribution is 2.33. The van der Waals surface area contributed by atoms with Crippen molar-refractivity contribution in [2.24, 2.45) is 0 Å². The minimum Gasteiger partial charge on any atom is -0.381 e. The van der Waals surface area contributed by atoms with E-state index in [1.165, 1.54) is 0 Å². The highest BCUT2D eigenvalue weighted by molar-refractivity contribution is 5.33. The summed E-state index contributed by atoms with van der Waals surface area (Å²) in [6.07, 6.45) is 4.47. The van der Waals surface area contributed by atoms with Crippen molar-refractivity contribution in [2.75, 3.05) is 32.2 Å². The number of nitrogens with zero attached hydrogens (tertiary/aromatic N) is 2. The summed E-state index contributed by atoms with van der Waals surface area (Å²) in [6, 6.07) is 1.89. The van der Waals surface area contributed by atoms with E-state index in [2.05, 4.69) is 22.2 Å². The smallest absolute Gasteiger partial charge is 0.162 e. The van der Waals surface area contributed by atoms with Crippen LogP contribution in [0.15, 0.2) is 12.3 Å². The van der Waals surface area contributed by atoms with Crippen molar-refractivity contribution in [2.45, 2.75) is 31.8 Å². The first kappa shape index (κ1) is 13.2. The third-order valence-electron chi connectivity index (χ3n) is 3.31. The van der Waals surface area contributed by atoms with Gasteiger partial charge in [-0.05, 0) is 12.5 Å². The molecule has 100 valence electrons. The van der Waals surface area contributed by atoms with Gasteiger partial charge in [0, 0.05) is 45.9 Å². The van der Waals surface area contributed by atoms with Gasteiger partial charge in [0.25, 0.3) is 0 Å². The van der Waals surface area contributed by atoms with Gasteiger partial charge in [0.2, 0.25) is 0 Å². The number of ether oxygens (including phenoxy) is 2. The molecule has 0 amide bonds. The molecule has 1 saturated heterocycles. The van der Waals surface area contributed by atoms with Crippen LogP contribution < -0.4 is 5.32 Å². The van der Waals surface area contributed by atoms with E-state index in [1.807, 2.05) is 6.07 Å². The first-order valence-corrected chi connectivity index (χ1v) is 6.51. The molecular formula is C13H21N3O2. The molecule has 5 heteroatoms. The predicted octanol–water partition coefficient (Wildman–Crippen LogP) is 1.95. The first-order valence-electron chi connectivity index (χ1n) is 6.51. The topological polar surface area (TPSA) is 56.3 Å². The largest absolute Gasteiger partial charge is 0.381 e. The molecule has 2 heterocycles. The van der Waals surface area contributed by atoms with E-state index in [-0.39, 0.29) is 5.60 Å². The Morgan fingerprint density at radius 3 is 2.89 bits per heavy atom. The SMILES string of the molecule is CCCNc1ccnc(C2(OC)CCOCC2)n1. The zero-order chi connectivity index (χ0) is 12.8. The van der Waals surface area contributed by atoms with E-state index in [0.717, 1.165) is 37.4 Å².